The molecule has 3 N–H and O–H groups in total. The molecule has 0 bridgehead atoms. The maximum absolute atomic E-state index is 10.9. The Balaban J connectivity index is 2.47. The summed E-state index contributed by atoms with van der Waals surface area (Å²) >= 11 is 1.62. The van der Waals surface area contributed by atoms with Gasteiger partial charge in [-0.1, -0.05) is 6.07 Å². The average Bonchev–Trinajstić information content (AvgIpc) is 2.55. The summed E-state index contributed by atoms with van der Waals surface area (Å²) in [5, 5.41) is 1.98. The molecular weight excluding hydrogens is 174 g/mol. The van der Waals surface area contributed by atoms with Gasteiger partial charge in [0.15, 0.2) is 0 Å². The highest BCUT2D eigenvalue weighted by atomic mass is 32.1. The maximum Gasteiger partial charge on any atom is 0.331 e. The zero-order chi connectivity index (χ0) is 8.97. The quantitative estimate of drug-likeness (QED) is 0.406. The Labute approximate surface area is 74.9 Å². The Morgan fingerprint density at radius 2 is 2.58 bits per heavy atom. The van der Waals surface area contributed by atoms with E-state index >= 15 is 0 Å². The molecule has 66 valence electrons. The molecule has 0 spiro atoms. The molecule has 12 heavy (non-hydrogen) atoms. The fourth-order valence-electron chi connectivity index (χ4n) is 0.818. The van der Waals surface area contributed by atoms with Crippen molar-refractivity contribution in [3.05, 3.63) is 22.4 Å². The van der Waals surface area contributed by atoms with Gasteiger partial charge in [0, 0.05) is 11.9 Å². The van der Waals surface area contributed by atoms with Gasteiger partial charge in [-0.15, -0.1) is 11.3 Å². The number of hydrogen-bond donors (Lipinski definition) is 2. The summed E-state index contributed by atoms with van der Waals surface area (Å²) in [6.07, 6.45) is 0. The number of carbonyl (C=O) groups excluding carboxylic acids is 1. The molecule has 0 fully saturated rings. The van der Waals surface area contributed by atoms with Crippen molar-refractivity contribution >= 4 is 17.4 Å². The van der Waals surface area contributed by atoms with Crippen LogP contribution in [0.5, 0.6) is 0 Å². The molecule has 1 rings (SSSR count). The summed E-state index contributed by atoms with van der Waals surface area (Å²) in [6.45, 7) is 0.598. The number of amides is 2. The van der Waals surface area contributed by atoms with Crippen LogP contribution in [-0.4, -0.2) is 18.0 Å². The lowest BCUT2D eigenvalue weighted by molar-refractivity contribution is 0.207. The normalized spacial score (nSPS) is 9.50. The first-order chi connectivity index (χ1) is 5.74. The van der Waals surface area contributed by atoms with E-state index in [4.69, 9.17) is 5.84 Å². The first-order valence-electron chi connectivity index (χ1n) is 3.48. The minimum absolute atomic E-state index is 0.275. The Bertz CT molecular complexity index is 247. The molecule has 0 aliphatic carbocycles. The fraction of sp³-hybridized carbons (Fsp3) is 0.286. The van der Waals surface area contributed by atoms with Gasteiger partial charge >= 0.3 is 6.03 Å². The second kappa shape index (κ2) is 4.08. The van der Waals surface area contributed by atoms with Gasteiger partial charge in [0.1, 0.15) is 0 Å². The number of nitrogens with two attached hydrogens (primary N) is 1. The lowest BCUT2D eigenvalue weighted by Gasteiger charge is -2.14. The molecule has 1 aromatic heterocycles. The van der Waals surface area contributed by atoms with E-state index in [1.54, 1.807) is 18.4 Å². The topological polar surface area (TPSA) is 58.4 Å². The smallest absolute Gasteiger partial charge is 0.322 e. The molecule has 0 aliphatic heterocycles. The van der Waals surface area contributed by atoms with Gasteiger partial charge in [0.2, 0.25) is 0 Å². The first-order valence-corrected chi connectivity index (χ1v) is 4.36. The van der Waals surface area contributed by atoms with Crippen molar-refractivity contribution in [1.29, 1.82) is 0 Å². The van der Waals surface area contributed by atoms with Gasteiger partial charge in [-0.25, -0.2) is 10.6 Å². The highest BCUT2D eigenvalue weighted by Crippen LogP contribution is 2.10. The average molecular weight is 185 g/mol. The standard InChI is InChI=1S/C7H11N3OS/c1-10(7(11)9-8)5-6-3-2-4-12-6/h2-4H,5,8H2,1H3,(H,9,11). The second-order valence-corrected chi connectivity index (χ2v) is 3.42. The van der Waals surface area contributed by atoms with Gasteiger partial charge in [-0.2, -0.15) is 0 Å². The Morgan fingerprint density at radius 1 is 1.83 bits per heavy atom. The lowest BCUT2D eigenvalue weighted by atomic mass is 10.4. The number of nitrogens with one attached hydrogen (secondary N) is 1. The highest BCUT2D eigenvalue weighted by Gasteiger charge is 2.06. The van der Waals surface area contributed by atoms with E-state index in [2.05, 4.69) is 5.43 Å². The minimum Gasteiger partial charge on any atom is -0.322 e. The van der Waals surface area contributed by atoms with Crippen molar-refractivity contribution in [3.8, 4) is 0 Å². The number of hydrogen-bond acceptors (Lipinski definition) is 3. The lowest BCUT2D eigenvalue weighted by Crippen LogP contribution is -2.40. The molecule has 0 saturated heterocycles. The number of carbonyl (C=O) groups is 1. The van der Waals surface area contributed by atoms with Crippen LogP contribution in [0.3, 0.4) is 0 Å². The van der Waals surface area contributed by atoms with Crippen LogP contribution in [-0.2, 0) is 6.54 Å². The molecular formula is C7H11N3OS. The van der Waals surface area contributed by atoms with Gasteiger partial charge in [0.25, 0.3) is 0 Å². The monoisotopic (exact) mass is 185 g/mol. The predicted molar refractivity (Wildman–Crippen MR) is 48.5 cm³/mol. The van der Waals surface area contributed by atoms with Crippen molar-refractivity contribution in [1.82, 2.24) is 10.3 Å². The van der Waals surface area contributed by atoms with Gasteiger partial charge in [-0.05, 0) is 11.4 Å². The van der Waals surface area contributed by atoms with Crippen LogP contribution in [0, 0.1) is 0 Å². The van der Waals surface area contributed by atoms with Gasteiger partial charge in [0.05, 0.1) is 6.54 Å². The van der Waals surface area contributed by atoms with E-state index in [1.165, 1.54) is 4.90 Å². The summed E-state index contributed by atoms with van der Waals surface area (Å²) in [4.78, 5) is 13.6. The number of thiophene rings is 1. The van der Waals surface area contributed by atoms with Crippen LogP contribution in [0.1, 0.15) is 4.88 Å². The third-order valence-electron chi connectivity index (χ3n) is 1.44. The van der Waals surface area contributed by atoms with Gasteiger partial charge < -0.3 is 4.90 Å². The number of urea groups is 1. The van der Waals surface area contributed by atoms with Crippen LogP contribution < -0.4 is 11.3 Å². The van der Waals surface area contributed by atoms with Crippen molar-refractivity contribution in [2.75, 3.05) is 7.05 Å². The third-order valence-corrected chi connectivity index (χ3v) is 2.30. The zero-order valence-electron chi connectivity index (χ0n) is 6.78. The second-order valence-electron chi connectivity index (χ2n) is 2.38. The van der Waals surface area contributed by atoms with Crippen molar-refractivity contribution in [3.63, 3.8) is 0 Å². The summed E-state index contributed by atoms with van der Waals surface area (Å²) in [5.41, 5.74) is 2.07. The SMILES string of the molecule is CN(Cc1cccs1)C(=O)NN. The molecule has 0 unspecified atom stereocenters. The molecule has 0 atom stereocenters. The first kappa shape index (κ1) is 9.02. The maximum atomic E-state index is 10.9. The van der Waals surface area contributed by atoms with Crippen LogP contribution >= 0.6 is 11.3 Å². The molecule has 0 saturated carbocycles. The molecule has 2 amide bonds. The van der Waals surface area contributed by atoms with Gasteiger partial charge in [-0.3, -0.25) is 5.43 Å². The summed E-state index contributed by atoms with van der Waals surface area (Å²) in [7, 11) is 1.70. The number of hydrazine groups is 1. The van der Waals surface area contributed by atoms with E-state index in [0.29, 0.717) is 6.54 Å². The van der Waals surface area contributed by atoms with E-state index in [9.17, 15) is 4.79 Å². The Kier molecular flexibility index (Phi) is 3.07. The third kappa shape index (κ3) is 2.21. The largest absolute Gasteiger partial charge is 0.331 e. The Hall–Kier alpha value is -1.07. The van der Waals surface area contributed by atoms with Crippen molar-refractivity contribution < 1.29 is 4.79 Å². The molecule has 4 nitrogen and oxygen atoms in total. The molecule has 5 heteroatoms. The van der Waals surface area contributed by atoms with Crippen molar-refractivity contribution in [2.24, 2.45) is 5.84 Å². The Morgan fingerprint density at radius 3 is 3.08 bits per heavy atom. The zero-order valence-corrected chi connectivity index (χ0v) is 7.60. The van der Waals surface area contributed by atoms with Crippen LogP contribution in [0.15, 0.2) is 17.5 Å². The van der Waals surface area contributed by atoms with E-state index in [1.807, 2.05) is 17.5 Å². The van der Waals surface area contributed by atoms with Crippen LogP contribution in [0.2, 0.25) is 0 Å². The minimum atomic E-state index is -0.275. The van der Waals surface area contributed by atoms with Crippen LogP contribution in [0.25, 0.3) is 0 Å². The molecule has 0 radical (unpaired) electrons. The highest BCUT2D eigenvalue weighted by molar-refractivity contribution is 7.09. The number of nitrogens with zero attached hydrogens (tertiary/aromatic N) is 1. The summed E-state index contributed by atoms with van der Waals surface area (Å²) < 4.78 is 0. The van der Waals surface area contributed by atoms with Crippen molar-refractivity contribution in [2.45, 2.75) is 6.54 Å². The molecule has 0 aromatic carbocycles. The molecule has 0 aliphatic rings. The summed E-state index contributed by atoms with van der Waals surface area (Å²) in [5.74, 6) is 4.96. The fourth-order valence-corrected chi connectivity index (χ4v) is 1.58. The van der Waals surface area contributed by atoms with Crippen LogP contribution in [0.4, 0.5) is 4.79 Å². The van der Waals surface area contributed by atoms with E-state index < -0.39 is 0 Å². The predicted octanol–water partition coefficient (Wildman–Crippen LogP) is 0.763. The molecule has 1 aromatic rings. The van der Waals surface area contributed by atoms with E-state index in [0.717, 1.165) is 4.88 Å². The summed E-state index contributed by atoms with van der Waals surface area (Å²) in [6, 6.07) is 3.66. The van der Waals surface area contributed by atoms with E-state index in [-0.39, 0.29) is 6.03 Å². The molecule has 1 heterocycles. The number of rotatable bonds is 2.